The van der Waals surface area contributed by atoms with Crippen LogP contribution in [0.25, 0.3) is 0 Å². The molecule has 0 saturated carbocycles. The summed E-state index contributed by atoms with van der Waals surface area (Å²) in [6, 6.07) is 5.36. The second-order valence-electron chi connectivity index (χ2n) is 4.56. The number of carbonyl (C=O) groups is 1. The first-order chi connectivity index (χ1) is 9.70. The van der Waals surface area contributed by atoms with Gasteiger partial charge in [-0.2, -0.15) is 0 Å². The quantitative estimate of drug-likeness (QED) is 0.881. The van der Waals surface area contributed by atoms with Gasteiger partial charge in [0, 0.05) is 30.7 Å². The molecule has 1 N–H and O–H groups in total. The molecule has 0 aliphatic carbocycles. The maximum absolute atomic E-state index is 12.1. The Morgan fingerprint density at radius 1 is 1.45 bits per heavy atom. The number of hydrogen-bond acceptors (Lipinski definition) is 4. The van der Waals surface area contributed by atoms with Crippen LogP contribution in [0.4, 0.5) is 0 Å². The van der Waals surface area contributed by atoms with Gasteiger partial charge in [0.2, 0.25) is 0 Å². The van der Waals surface area contributed by atoms with E-state index < -0.39 is 0 Å². The zero-order chi connectivity index (χ0) is 14.4. The average Bonchev–Trinajstić information content (AvgIpc) is 2.48. The lowest BCUT2D eigenvalue weighted by atomic mass is 10.2. The third-order valence-electron chi connectivity index (χ3n) is 3.24. The highest BCUT2D eigenvalue weighted by Crippen LogP contribution is 2.22. The second-order valence-corrected chi connectivity index (χ2v) is 5.41. The number of carbonyl (C=O) groups excluding carboxylic acids is 1. The fourth-order valence-corrected chi connectivity index (χ4v) is 2.48. The minimum absolute atomic E-state index is 0.0935. The SMILES string of the molecule is COc1ccc(Br)c(C(=O)NCCN2CCOCC2)c1. The molecule has 6 heteroatoms. The third-order valence-corrected chi connectivity index (χ3v) is 3.93. The van der Waals surface area contributed by atoms with Crippen molar-refractivity contribution in [2.75, 3.05) is 46.5 Å². The van der Waals surface area contributed by atoms with Gasteiger partial charge in [-0.25, -0.2) is 0 Å². The molecule has 1 aliphatic heterocycles. The van der Waals surface area contributed by atoms with E-state index in [4.69, 9.17) is 9.47 Å². The number of halogens is 1. The Bertz CT molecular complexity index is 462. The number of nitrogens with zero attached hydrogens (tertiary/aromatic N) is 1. The molecule has 0 bridgehead atoms. The van der Waals surface area contributed by atoms with Gasteiger partial charge < -0.3 is 14.8 Å². The van der Waals surface area contributed by atoms with E-state index in [-0.39, 0.29) is 5.91 Å². The van der Waals surface area contributed by atoms with Crippen molar-refractivity contribution in [1.29, 1.82) is 0 Å². The number of methoxy groups -OCH3 is 1. The monoisotopic (exact) mass is 342 g/mol. The van der Waals surface area contributed by atoms with Gasteiger partial charge in [0.15, 0.2) is 0 Å². The molecule has 0 unspecified atom stereocenters. The van der Waals surface area contributed by atoms with Crippen LogP contribution in [0.2, 0.25) is 0 Å². The molecule has 1 fully saturated rings. The molecule has 5 nitrogen and oxygen atoms in total. The molecule has 2 rings (SSSR count). The van der Waals surface area contributed by atoms with Crippen LogP contribution in [-0.4, -0.2) is 57.3 Å². The molecular formula is C14H19BrN2O3. The lowest BCUT2D eigenvalue weighted by Gasteiger charge is -2.26. The topological polar surface area (TPSA) is 50.8 Å². The summed E-state index contributed by atoms with van der Waals surface area (Å²) in [5.74, 6) is 0.579. The highest BCUT2D eigenvalue weighted by Gasteiger charge is 2.13. The standard InChI is InChI=1S/C14H19BrN2O3/c1-19-11-2-3-13(15)12(10-11)14(18)16-4-5-17-6-8-20-9-7-17/h2-3,10H,4-9H2,1H3,(H,16,18). The van der Waals surface area contributed by atoms with Crippen molar-refractivity contribution in [1.82, 2.24) is 10.2 Å². The van der Waals surface area contributed by atoms with Crippen LogP contribution in [0.5, 0.6) is 5.75 Å². The molecule has 1 aliphatic rings. The zero-order valence-electron chi connectivity index (χ0n) is 11.5. The molecule has 1 saturated heterocycles. The van der Waals surface area contributed by atoms with Crippen molar-refractivity contribution in [2.24, 2.45) is 0 Å². The van der Waals surface area contributed by atoms with E-state index in [1.165, 1.54) is 0 Å². The summed E-state index contributed by atoms with van der Waals surface area (Å²) >= 11 is 3.39. The molecule has 1 heterocycles. The highest BCUT2D eigenvalue weighted by molar-refractivity contribution is 9.10. The fraction of sp³-hybridized carbons (Fsp3) is 0.500. The van der Waals surface area contributed by atoms with Gasteiger partial charge in [0.25, 0.3) is 5.91 Å². The Morgan fingerprint density at radius 2 is 2.20 bits per heavy atom. The Kier molecular flexibility index (Phi) is 5.82. The number of nitrogens with one attached hydrogen (secondary N) is 1. The van der Waals surface area contributed by atoms with Crippen LogP contribution in [0.3, 0.4) is 0 Å². The number of rotatable bonds is 5. The maximum Gasteiger partial charge on any atom is 0.252 e. The number of ether oxygens (including phenoxy) is 2. The van der Waals surface area contributed by atoms with E-state index in [1.807, 2.05) is 12.1 Å². The lowest BCUT2D eigenvalue weighted by Crippen LogP contribution is -2.41. The van der Waals surface area contributed by atoms with Crippen LogP contribution >= 0.6 is 15.9 Å². The van der Waals surface area contributed by atoms with Crippen molar-refractivity contribution in [3.63, 3.8) is 0 Å². The van der Waals surface area contributed by atoms with E-state index in [0.717, 1.165) is 37.3 Å². The van der Waals surface area contributed by atoms with Gasteiger partial charge in [0.05, 0.1) is 25.9 Å². The molecule has 110 valence electrons. The summed E-state index contributed by atoms with van der Waals surface area (Å²) in [7, 11) is 1.59. The number of hydrogen-bond donors (Lipinski definition) is 1. The summed E-state index contributed by atoms with van der Waals surface area (Å²) in [6.07, 6.45) is 0. The highest BCUT2D eigenvalue weighted by atomic mass is 79.9. The lowest BCUT2D eigenvalue weighted by molar-refractivity contribution is 0.0383. The van der Waals surface area contributed by atoms with Crippen LogP contribution in [0, 0.1) is 0 Å². The summed E-state index contributed by atoms with van der Waals surface area (Å²) in [4.78, 5) is 14.4. The molecule has 20 heavy (non-hydrogen) atoms. The van der Waals surface area contributed by atoms with E-state index in [1.54, 1.807) is 13.2 Å². The summed E-state index contributed by atoms with van der Waals surface area (Å²) < 4.78 is 11.2. The first-order valence-electron chi connectivity index (χ1n) is 6.62. The third kappa shape index (κ3) is 4.19. The predicted octanol–water partition coefficient (Wildman–Crippen LogP) is 1.52. The van der Waals surface area contributed by atoms with Gasteiger partial charge in [0.1, 0.15) is 5.75 Å². The van der Waals surface area contributed by atoms with Crippen molar-refractivity contribution >= 4 is 21.8 Å². The molecule has 1 aromatic rings. The van der Waals surface area contributed by atoms with E-state index in [0.29, 0.717) is 17.9 Å². The van der Waals surface area contributed by atoms with Gasteiger partial charge in [-0.05, 0) is 34.1 Å². The van der Waals surface area contributed by atoms with E-state index in [9.17, 15) is 4.79 Å². The fourth-order valence-electron chi connectivity index (χ4n) is 2.05. The van der Waals surface area contributed by atoms with E-state index >= 15 is 0 Å². The first-order valence-corrected chi connectivity index (χ1v) is 7.42. The number of amides is 1. The normalized spacial score (nSPS) is 15.9. The molecule has 0 atom stereocenters. The maximum atomic E-state index is 12.1. The van der Waals surface area contributed by atoms with Gasteiger partial charge in [-0.3, -0.25) is 9.69 Å². The molecule has 1 aromatic carbocycles. The second kappa shape index (κ2) is 7.61. The van der Waals surface area contributed by atoms with Crippen LogP contribution in [0.15, 0.2) is 22.7 Å². The minimum atomic E-state index is -0.0935. The Balaban J connectivity index is 1.84. The van der Waals surface area contributed by atoms with Gasteiger partial charge in [-0.1, -0.05) is 0 Å². The van der Waals surface area contributed by atoms with Crippen molar-refractivity contribution < 1.29 is 14.3 Å². The van der Waals surface area contributed by atoms with Crippen LogP contribution < -0.4 is 10.1 Å². The molecule has 1 amide bonds. The number of morpholine rings is 1. The first kappa shape index (κ1) is 15.3. The minimum Gasteiger partial charge on any atom is -0.497 e. The average molecular weight is 343 g/mol. The molecule has 0 radical (unpaired) electrons. The summed E-state index contributed by atoms with van der Waals surface area (Å²) in [6.45, 7) is 4.88. The molecular weight excluding hydrogens is 324 g/mol. The van der Waals surface area contributed by atoms with Crippen LogP contribution in [0.1, 0.15) is 10.4 Å². The summed E-state index contributed by atoms with van der Waals surface area (Å²) in [5, 5.41) is 2.93. The smallest absolute Gasteiger partial charge is 0.252 e. The van der Waals surface area contributed by atoms with Crippen molar-refractivity contribution in [3.05, 3.63) is 28.2 Å². The molecule has 0 spiro atoms. The van der Waals surface area contributed by atoms with Crippen LogP contribution in [-0.2, 0) is 4.74 Å². The molecule has 0 aromatic heterocycles. The summed E-state index contributed by atoms with van der Waals surface area (Å²) in [5.41, 5.74) is 0.589. The van der Waals surface area contributed by atoms with Crippen molar-refractivity contribution in [2.45, 2.75) is 0 Å². The zero-order valence-corrected chi connectivity index (χ0v) is 13.1. The Labute approximate surface area is 127 Å². The number of benzene rings is 1. The van der Waals surface area contributed by atoms with Gasteiger partial charge in [-0.15, -0.1) is 0 Å². The van der Waals surface area contributed by atoms with E-state index in [2.05, 4.69) is 26.1 Å². The predicted molar refractivity (Wildman–Crippen MR) is 80.3 cm³/mol. The Hall–Kier alpha value is -1.11. The largest absolute Gasteiger partial charge is 0.497 e. The Morgan fingerprint density at radius 3 is 2.90 bits per heavy atom. The van der Waals surface area contributed by atoms with Gasteiger partial charge >= 0.3 is 0 Å². The van der Waals surface area contributed by atoms with Crippen molar-refractivity contribution in [3.8, 4) is 5.75 Å².